The van der Waals surface area contributed by atoms with Gasteiger partial charge in [-0.3, -0.25) is 19.2 Å². The monoisotopic (exact) mass is 598 g/mol. The second kappa shape index (κ2) is 12.8. The van der Waals surface area contributed by atoms with Crippen molar-refractivity contribution in [1.29, 1.82) is 0 Å². The number of carbonyl (C=O) groups excluding carboxylic acids is 4. The second-order valence-electron chi connectivity index (χ2n) is 10.0. The van der Waals surface area contributed by atoms with E-state index in [0.29, 0.717) is 22.6 Å². The summed E-state index contributed by atoms with van der Waals surface area (Å²) in [7, 11) is 0. The topological polar surface area (TPSA) is 102 Å². The van der Waals surface area contributed by atoms with Crippen molar-refractivity contribution in [3.8, 4) is 5.75 Å². The first-order chi connectivity index (χ1) is 21.5. The van der Waals surface area contributed by atoms with Gasteiger partial charge in [-0.1, -0.05) is 84.9 Å². The molecule has 1 unspecified atom stereocenters. The Balaban J connectivity index is 1.19. The lowest BCUT2D eigenvalue weighted by Crippen LogP contribution is -2.25. The van der Waals surface area contributed by atoms with E-state index >= 15 is 0 Å². The first-order valence-corrected chi connectivity index (χ1v) is 14.8. The van der Waals surface area contributed by atoms with E-state index in [2.05, 4.69) is 10.6 Å². The zero-order valence-electron chi connectivity index (χ0n) is 23.4. The quantitative estimate of drug-likeness (QED) is 0.175. The number of rotatable bonds is 9. The van der Waals surface area contributed by atoms with Crippen molar-refractivity contribution < 1.29 is 23.9 Å². The van der Waals surface area contributed by atoms with Crippen LogP contribution in [0.2, 0.25) is 0 Å². The molecule has 7 nitrogen and oxygen atoms in total. The standard InChI is InChI=1S/C36H26N2O5S/c39-31(22-43-25-12-5-2-6-13-25)37-24-18-20-26(21-19-24)44-35(23-10-3-1-4-11-23)36(42)38-30-17-9-16-29-32(30)34(41)28-15-8-7-14-27(28)33(29)40/h1-21,35H,22H2,(H,37,39)(H,38,42). The Labute approximate surface area is 258 Å². The molecule has 1 aliphatic carbocycles. The number of fused-ring (bicyclic) bond motifs is 2. The average Bonchev–Trinajstić information content (AvgIpc) is 3.06. The molecule has 2 N–H and O–H groups in total. The SMILES string of the molecule is O=C(COc1ccccc1)Nc1ccc(SC(C(=O)Nc2cccc3c2C(=O)c2ccccc2C3=O)c2ccccc2)cc1. The second-order valence-corrected chi connectivity index (χ2v) is 11.2. The molecule has 0 radical (unpaired) electrons. The van der Waals surface area contributed by atoms with Gasteiger partial charge in [0, 0.05) is 27.3 Å². The molecule has 44 heavy (non-hydrogen) atoms. The van der Waals surface area contributed by atoms with Gasteiger partial charge in [0.1, 0.15) is 11.0 Å². The normalized spacial score (nSPS) is 12.5. The van der Waals surface area contributed by atoms with Gasteiger partial charge in [-0.15, -0.1) is 11.8 Å². The van der Waals surface area contributed by atoms with Crippen LogP contribution in [-0.4, -0.2) is 30.0 Å². The first kappa shape index (κ1) is 28.6. The maximum Gasteiger partial charge on any atom is 0.262 e. The highest BCUT2D eigenvalue weighted by atomic mass is 32.2. The summed E-state index contributed by atoms with van der Waals surface area (Å²) in [5.74, 6) is -0.584. The van der Waals surface area contributed by atoms with Crippen LogP contribution in [-0.2, 0) is 9.59 Å². The van der Waals surface area contributed by atoms with E-state index in [1.807, 2.05) is 60.7 Å². The molecule has 216 valence electrons. The smallest absolute Gasteiger partial charge is 0.262 e. The Hall–Kier alpha value is -5.47. The highest BCUT2D eigenvalue weighted by Gasteiger charge is 2.32. The third-order valence-corrected chi connectivity index (χ3v) is 8.32. The molecule has 0 fully saturated rings. The van der Waals surface area contributed by atoms with Crippen LogP contribution in [0.25, 0.3) is 0 Å². The lowest BCUT2D eigenvalue weighted by molar-refractivity contribution is -0.118. The Morgan fingerprint density at radius 1 is 0.636 bits per heavy atom. The Bertz CT molecular complexity index is 1860. The van der Waals surface area contributed by atoms with Crippen LogP contribution in [0.15, 0.2) is 132 Å². The number of hydrogen-bond acceptors (Lipinski definition) is 6. The number of carbonyl (C=O) groups is 4. The molecule has 0 spiro atoms. The van der Waals surface area contributed by atoms with Crippen LogP contribution in [0, 0.1) is 0 Å². The third-order valence-electron chi connectivity index (χ3n) is 7.06. The molecule has 5 aromatic rings. The minimum absolute atomic E-state index is 0.125. The zero-order valence-corrected chi connectivity index (χ0v) is 24.2. The average molecular weight is 599 g/mol. The summed E-state index contributed by atoms with van der Waals surface area (Å²) in [5.41, 5.74) is 2.78. The number of nitrogens with one attached hydrogen (secondary N) is 2. The molecule has 2 amide bonds. The van der Waals surface area contributed by atoms with Crippen molar-refractivity contribution >= 4 is 46.5 Å². The highest BCUT2D eigenvalue weighted by Crippen LogP contribution is 2.38. The van der Waals surface area contributed by atoms with Gasteiger partial charge in [0.25, 0.3) is 5.91 Å². The van der Waals surface area contributed by atoms with E-state index in [4.69, 9.17) is 4.74 Å². The van der Waals surface area contributed by atoms with Crippen molar-refractivity contribution in [1.82, 2.24) is 0 Å². The van der Waals surface area contributed by atoms with E-state index in [1.165, 1.54) is 11.8 Å². The Kier molecular flexibility index (Phi) is 8.34. The summed E-state index contributed by atoms with van der Waals surface area (Å²) in [6.45, 7) is -0.125. The number of benzene rings is 5. The lowest BCUT2D eigenvalue weighted by atomic mass is 9.83. The Morgan fingerprint density at radius 3 is 1.95 bits per heavy atom. The summed E-state index contributed by atoms with van der Waals surface area (Å²) in [6, 6.07) is 37.2. The predicted molar refractivity (Wildman–Crippen MR) is 170 cm³/mol. The first-order valence-electron chi connectivity index (χ1n) is 13.9. The minimum atomic E-state index is -0.673. The largest absolute Gasteiger partial charge is 0.484 e. The molecular weight excluding hydrogens is 572 g/mol. The molecule has 8 heteroatoms. The van der Waals surface area contributed by atoms with E-state index in [9.17, 15) is 19.2 Å². The van der Waals surface area contributed by atoms with Gasteiger partial charge in [-0.05, 0) is 48.0 Å². The molecule has 0 heterocycles. The molecule has 0 saturated carbocycles. The fraction of sp³-hybridized carbons (Fsp3) is 0.0556. The maximum absolute atomic E-state index is 13.8. The van der Waals surface area contributed by atoms with E-state index in [0.717, 1.165) is 10.5 Å². The number of ether oxygens (including phenoxy) is 1. The molecule has 5 aromatic carbocycles. The molecule has 0 saturated heterocycles. The lowest BCUT2D eigenvalue weighted by Gasteiger charge is -2.22. The van der Waals surface area contributed by atoms with Gasteiger partial charge in [0.2, 0.25) is 5.91 Å². The number of para-hydroxylation sites is 1. The van der Waals surface area contributed by atoms with E-state index in [-0.39, 0.29) is 46.8 Å². The van der Waals surface area contributed by atoms with E-state index < -0.39 is 5.25 Å². The van der Waals surface area contributed by atoms with Crippen molar-refractivity contribution in [2.24, 2.45) is 0 Å². The fourth-order valence-electron chi connectivity index (χ4n) is 4.96. The molecule has 1 aliphatic rings. The van der Waals surface area contributed by atoms with Gasteiger partial charge in [-0.2, -0.15) is 0 Å². The molecular formula is C36H26N2O5S. The number of anilines is 2. The molecule has 1 atom stereocenters. The highest BCUT2D eigenvalue weighted by molar-refractivity contribution is 8.00. The third kappa shape index (κ3) is 6.16. The number of ketones is 2. The van der Waals surface area contributed by atoms with Gasteiger partial charge >= 0.3 is 0 Å². The van der Waals surface area contributed by atoms with Crippen LogP contribution < -0.4 is 15.4 Å². The molecule has 0 aromatic heterocycles. The van der Waals surface area contributed by atoms with Gasteiger partial charge < -0.3 is 15.4 Å². The molecule has 0 bridgehead atoms. The van der Waals surface area contributed by atoms with Crippen LogP contribution in [0.3, 0.4) is 0 Å². The Morgan fingerprint density at radius 2 is 1.25 bits per heavy atom. The summed E-state index contributed by atoms with van der Waals surface area (Å²) in [6.07, 6.45) is 0. The van der Waals surface area contributed by atoms with Crippen molar-refractivity contribution in [3.05, 3.63) is 155 Å². The number of thioether (sulfide) groups is 1. The molecule has 0 aliphatic heterocycles. The van der Waals surface area contributed by atoms with Crippen LogP contribution in [0.5, 0.6) is 5.75 Å². The molecule has 6 rings (SSSR count). The number of hydrogen-bond donors (Lipinski definition) is 2. The minimum Gasteiger partial charge on any atom is -0.484 e. The fourth-order valence-corrected chi connectivity index (χ4v) is 5.99. The van der Waals surface area contributed by atoms with Crippen LogP contribution >= 0.6 is 11.8 Å². The van der Waals surface area contributed by atoms with Crippen molar-refractivity contribution in [2.75, 3.05) is 17.2 Å². The number of amides is 2. The van der Waals surface area contributed by atoms with Gasteiger partial charge in [0.05, 0.1) is 11.3 Å². The predicted octanol–water partition coefficient (Wildman–Crippen LogP) is 6.95. The summed E-state index contributed by atoms with van der Waals surface area (Å²) in [5, 5.41) is 5.07. The van der Waals surface area contributed by atoms with Gasteiger partial charge in [-0.25, -0.2) is 0 Å². The van der Waals surface area contributed by atoms with Crippen molar-refractivity contribution in [2.45, 2.75) is 10.1 Å². The van der Waals surface area contributed by atoms with E-state index in [1.54, 1.807) is 66.7 Å². The van der Waals surface area contributed by atoms with Crippen molar-refractivity contribution in [3.63, 3.8) is 0 Å². The maximum atomic E-state index is 13.8. The summed E-state index contributed by atoms with van der Waals surface area (Å²) >= 11 is 1.33. The van der Waals surface area contributed by atoms with Crippen LogP contribution in [0.4, 0.5) is 11.4 Å². The zero-order chi connectivity index (χ0) is 30.5. The van der Waals surface area contributed by atoms with Crippen LogP contribution in [0.1, 0.15) is 42.7 Å². The van der Waals surface area contributed by atoms with Gasteiger partial charge in [0.15, 0.2) is 18.2 Å². The summed E-state index contributed by atoms with van der Waals surface area (Å²) < 4.78 is 5.50. The summed E-state index contributed by atoms with van der Waals surface area (Å²) in [4.78, 5) is 53.6.